The molecule has 5 nitrogen and oxygen atoms in total. The minimum absolute atomic E-state index is 0.0393. The lowest BCUT2D eigenvalue weighted by molar-refractivity contribution is -0.145. The highest BCUT2D eigenvalue weighted by atomic mass is 32.1. The van der Waals surface area contributed by atoms with Gasteiger partial charge in [-0.15, -0.1) is 11.3 Å². The molecule has 0 spiro atoms. The lowest BCUT2D eigenvalue weighted by atomic mass is 9.88. The topological polar surface area (TPSA) is 49.9 Å². The molecule has 1 aliphatic carbocycles. The molecule has 0 bridgehead atoms. The summed E-state index contributed by atoms with van der Waals surface area (Å²) in [6, 6.07) is 10.0. The van der Waals surface area contributed by atoms with Crippen LogP contribution in [0.1, 0.15) is 68.0 Å². The molecule has 0 saturated heterocycles. The molecule has 1 unspecified atom stereocenters. The van der Waals surface area contributed by atoms with Crippen LogP contribution in [0.15, 0.2) is 35.7 Å². The van der Waals surface area contributed by atoms with Crippen LogP contribution < -0.4 is 4.74 Å². The van der Waals surface area contributed by atoms with Crippen LogP contribution in [-0.2, 0) is 16.0 Å². The van der Waals surface area contributed by atoms with Gasteiger partial charge in [0.2, 0.25) is 11.8 Å². The second-order valence-corrected chi connectivity index (χ2v) is 10.8. The van der Waals surface area contributed by atoms with Crippen LogP contribution >= 0.6 is 11.3 Å². The van der Waals surface area contributed by atoms with Gasteiger partial charge in [-0.25, -0.2) is 0 Å². The summed E-state index contributed by atoms with van der Waals surface area (Å²) in [6.07, 6.45) is 6.23. The Morgan fingerprint density at radius 3 is 2.52 bits per heavy atom. The maximum absolute atomic E-state index is 13.7. The highest BCUT2D eigenvalue weighted by molar-refractivity contribution is 7.10. The summed E-state index contributed by atoms with van der Waals surface area (Å²) in [4.78, 5) is 32.3. The quantitative estimate of drug-likeness (QED) is 0.554. The Balaban J connectivity index is 1.57. The molecule has 4 rings (SSSR count). The molecule has 1 aromatic heterocycles. The first-order valence-electron chi connectivity index (χ1n) is 12.3. The van der Waals surface area contributed by atoms with Crippen molar-refractivity contribution in [1.29, 1.82) is 0 Å². The van der Waals surface area contributed by atoms with Gasteiger partial charge in [0.25, 0.3) is 0 Å². The van der Waals surface area contributed by atoms with Crippen molar-refractivity contribution in [2.45, 2.75) is 58.4 Å². The Bertz CT molecular complexity index is 947. The van der Waals surface area contributed by atoms with Gasteiger partial charge in [-0.1, -0.05) is 45.2 Å². The molecular weight excluding hydrogens is 432 g/mol. The summed E-state index contributed by atoms with van der Waals surface area (Å²) < 4.78 is 5.34. The van der Waals surface area contributed by atoms with Crippen molar-refractivity contribution in [3.05, 3.63) is 51.7 Å². The molecule has 1 atom stereocenters. The zero-order valence-corrected chi connectivity index (χ0v) is 20.9. The van der Waals surface area contributed by atoms with Crippen LogP contribution in [0, 0.1) is 11.8 Å². The largest absolute Gasteiger partial charge is 0.497 e. The second kappa shape index (κ2) is 10.7. The van der Waals surface area contributed by atoms with Crippen LogP contribution in [0.25, 0.3) is 0 Å². The van der Waals surface area contributed by atoms with E-state index >= 15 is 0 Å². The van der Waals surface area contributed by atoms with Gasteiger partial charge >= 0.3 is 0 Å². The minimum atomic E-state index is -0.121. The molecule has 6 heteroatoms. The maximum atomic E-state index is 13.7. The summed E-state index contributed by atoms with van der Waals surface area (Å²) in [7, 11) is 1.66. The third-order valence-electron chi connectivity index (χ3n) is 6.90. The number of amides is 2. The lowest BCUT2D eigenvalue weighted by Gasteiger charge is -2.38. The Morgan fingerprint density at radius 2 is 1.85 bits per heavy atom. The van der Waals surface area contributed by atoms with Crippen LogP contribution in [0.4, 0.5) is 0 Å². The van der Waals surface area contributed by atoms with Crippen LogP contribution in [0.2, 0.25) is 0 Å². The molecule has 1 aliphatic heterocycles. The molecule has 1 saturated carbocycles. The van der Waals surface area contributed by atoms with E-state index in [2.05, 4.69) is 37.4 Å². The minimum Gasteiger partial charge on any atom is -0.497 e. The molecule has 0 radical (unpaired) electrons. The van der Waals surface area contributed by atoms with E-state index in [4.69, 9.17) is 4.74 Å². The second-order valence-electron chi connectivity index (χ2n) is 9.76. The fraction of sp³-hybridized carbons (Fsp3) is 0.556. The Hall–Kier alpha value is -2.34. The molecule has 2 aromatic rings. The van der Waals surface area contributed by atoms with E-state index in [1.165, 1.54) is 16.9 Å². The number of thiophene rings is 1. The van der Waals surface area contributed by atoms with Gasteiger partial charge in [0, 0.05) is 23.9 Å². The Morgan fingerprint density at radius 1 is 1.12 bits per heavy atom. The first-order valence-corrected chi connectivity index (χ1v) is 13.1. The molecule has 2 aliphatic rings. The van der Waals surface area contributed by atoms with Crippen molar-refractivity contribution in [2.24, 2.45) is 11.8 Å². The van der Waals surface area contributed by atoms with Crippen molar-refractivity contribution >= 4 is 23.2 Å². The molecular formula is C27H36N2O3S. The van der Waals surface area contributed by atoms with Crippen molar-refractivity contribution in [1.82, 2.24) is 9.80 Å². The first kappa shape index (κ1) is 23.8. The predicted octanol–water partition coefficient (Wildman–Crippen LogP) is 5.30. The number of hydrogen-bond donors (Lipinski definition) is 0. The number of ether oxygens (including phenoxy) is 1. The van der Waals surface area contributed by atoms with E-state index in [9.17, 15) is 9.59 Å². The van der Waals surface area contributed by atoms with Gasteiger partial charge in [0.1, 0.15) is 5.75 Å². The van der Waals surface area contributed by atoms with E-state index in [0.29, 0.717) is 19.0 Å². The normalized spacial score (nSPS) is 18.8. The van der Waals surface area contributed by atoms with Crippen molar-refractivity contribution in [2.75, 3.05) is 26.7 Å². The number of fused-ring (bicyclic) bond motifs is 1. The van der Waals surface area contributed by atoms with Gasteiger partial charge in [-0.05, 0) is 59.9 Å². The summed E-state index contributed by atoms with van der Waals surface area (Å²) in [5, 5.41) is 2.12. The smallest absolute Gasteiger partial charge is 0.242 e. The third kappa shape index (κ3) is 5.43. The average molecular weight is 469 g/mol. The van der Waals surface area contributed by atoms with Gasteiger partial charge in [0.05, 0.1) is 19.7 Å². The van der Waals surface area contributed by atoms with Gasteiger partial charge < -0.3 is 14.5 Å². The fourth-order valence-electron chi connectivity index (χ4n) is 5.27. The molecule has 0 N–H and O–H groups in total. The van der Waals surface area contributed by atoms with Gasteiger partial charge in [-0.3, -0.25) is 9.59 Å². The zero-order valence-electron chi connectivity index (χ0n) is 20.1. The van der Waals surface area contributed by atoms with E-state index < -0.39 is 0 Å². The van der Waals surface area contributed by atoms with Crippen molar-refractivity contribution in [3.8, 4) is 5.75 Å². The van der Waals surface area contributed by atoms with E-state index in [1.54, 1.807) is 18.4 Å². The third-order valence-corrected chi connectivity index (χ3v) is 7.89. The van der Waals surface area contributed by atoms with Crippen molar-refractivity contribution in [3.63, 3.8) is 0 Å². The number of methoxy groups -OCH3 is 1. The standard InChI is InChI=1S/C27H36N2O3S/c1-19(2)17-28(27(31)21-7-5-4-6-8-21)18-25(30)29-15-13-24-23(14-16-33-24)26(29)20-9-11-22(32-3)12-10-20/h9-12,14,16,19,21,26H,4-8,13,15,17-18H2,1-3H3. The van der Waals surface area contributed by atoms with E-state index in [1.807, 2.05) is 21.9 Å². The van der Waals surface area contributed by atoms with E-state index in [-0.39, 0.29) is 30.3 Å². The van der Waals surface area contributed by atoms with Crippen LogP contribution in [0.3, 0.4) is 0 Å². The summed E-state index contributed by atoms with van der Waals surface area (Å²) in [5.74, 6) is 1.42. The number of carbonyl (C=O) groups excluding carboxylic acids is 2. The molecule has 2 heterocycles. The lowest BCUT2D eigenvalue weighted by Crippen LogP contribution is -2.49. The Labute approximate surface area is 201 Å². The number of hydrogen-bond acceptors (Lipinski definition) is 4. The number of carbonyl (C=O) groups is 2. The average Bonchev–Trinajstić information content (AvgIpc) is 3.32. The summed E-state index contributed by atoms with van der Waals surface area (Å²) in [6.45, 7) is 5.70. The highest BCUT2D eigenvalue weighted by Gasteiger charge is 2.35. The van der Waals surface area contributed by atoms with Gasteiger partial charge in [-0.2, -0.15) is 0 Å². The predicted molar refractivity (Wildman–Crippen MR) is 133 cm³/mol. The number of nitrogens with zero attached hydrogens (tertiary/aromatic N) is 2. The van der Waals surface area contributed by atoms with E-state index in [0.717, 1.165) is 43.4 Å². The van der Waals surface area contributed by atoms with Crippen LogP contribution in [-0.4, -0.2) is 48.4 Å². The monoisotopic (exact) mass is 468 g/mol. The van der Waals surface area contributed by atoms with Gasteiger partial charge in [0.15, 0.2) is 0 Å². The first-order chi connectivity index (χ1) is 16.0. The number of rotatable bonds is 7. The zero-order chi connectivity index (χ0) is 23.4. The molecule has 2 amide bonds. The molecule has 33 heavy (non-hydrogen) atoms. The molecule has 178 valence electrons. The fourth-order valence-corrected chi connectivity index (χ4v) is 6.17. The number of benzene rings is 1. The maximum Gasteiger partial charge on any atom is 0.242 e. The molecule has 1 aromatic carbocycles. The van der Waals surface area contributed by atoms with Crippen LogP contribution in [0.5, 0.6) is 5.75 Å². The van der Waals surface area contributed by atoms with Crippen molar-refractivity contribution < 1.29 is 14.3 Å². The summed E-state index contributed by atoms with van der Waals surface area (Å²) >= 11 is 1.76. The Kier molecular flexibility index (Phi) is 7.74. The molecule has 1 fully saturated rings. The highest BCUT2D eigenvalue weighted by Crippen LogP contribution is 2.38. The summed E-state index contributed by atoms with van der Waals surface area (Å²) in [5.41, 5.74) is 2.29. The SMILES string of the molecule is COc1ccc(C2c3ccsc3CCN2C(=O)CN(CC(C)C)C(=O)C2CCCCC2)cc1.